The van der Waals surface area contributed by atoms with Crippen LogP contribution in [0.15, 0.2) is 73.1 Å². The summed E-state index contributed by atoms with van der Waals surface area (Å²) in [5.41, 5.74) is 2.87. The van der Waals surface area contributed by atoms with E-state index >= 15 is 0 Å². The van der Waals surface area contributed by atoms with Crippen molar-refractivity contribution in [2.24, 2.45) is 5.92 Å². The van der Waals surface area contributed by atoms with Gasteiger partial charge in [-0.2, -0.15) is 0 Å². The molecule has 2 aromatic carbocycles. The second-order valence-corrected chi connectivity index (χ2v) is 13.0. The zero-order valence-electron chi connectivity index (χ0n) is 24.2. The number of carbonyl (C=O) groups excluding carboxylic acids is 2. The molecule has 5 rings (SSSR count). The normalized spacial score (nSPS) is 20.7. The zero-order valence-corrected chi connectivity index (χ0v) is 25.0. The molecular weight excluding hydrogens is 534 g/mol. The third-order valence-electron chi connectivity index (χ3n) is 8.26. The Labute approximate surface area is 248 Å². The summed E-state index contributed by atoms with van der Waals surface area (Å²) < 4.78 is 5.53. The number of amides is 2. The van der Waals surface area contributed by atoms with E-state index in [0.717, 1.165) is 48.9 Å². The first-order valence-electron chi connectivity index (χ1n) is 14.7. The first kappa shape index (κ1) is 29.1. The molecule has 1 heterocycles. The molecule has 2 aliphatic carbocycles. The Morgan fingerprint density at radius 3 is 2.37 bits per heavy atom. The average Bonchev–Trinajstić information content (AvgIpc) is 3.79. The third kappa shape index (κ3) is 7.48. The molecule has 216 valence electrons. The van der Waals surface area contributed by atoms with Crippen LogP contribution in [0.5, 0.6) is 0 Å². The van der Waals surface area contributed by atoms with Crippen LogP contribution in [0, 0.1) is 5.92 Å². The fourth-order valence-corrected chi connectivity index (χ4v) is 6.09. The molecule has 3 aromatic rings. The summed E-state index contributed by atoms with van der Waals surface area (Å²) in [6.45, 7) is 6.82. The van der Waals surface area contributed by atoms with Crippen molar-refractivity contribution in [3.8, 4) is 11.1 Å². The smallest absolute Gasteiger partial charge is 0.407 e. The Bertz CT molecular complexity index is 1360. The van der Waals surface area contributed by atoms with Gasteiger partial charge in [-0.05, 0) is 94.5 Å². The topological polar surface area (TPSA) is 71.5 Å². The number of ether oxygens (including phenoxy) is 1. The average molecular weight is 574 g/mol. The van der Waals surface area contributed by atoms with Gasteiger partial charge in [-0.1, -0.05) is 54.1 Å². The molecule has 2 aliphatic rings. The second kappa shape index (κ2) is 12.2. The van der Waals surface area contributed by atoms with E-state index in [0.29, 0.717) is 23.0 Å². The van der Waals surface area contributed by atoms with Crippen LogP contribution in [0.3, 0.4) is 0 Å². The first-order valence-corrected chi connectivity index (χ1v) is 15.0. The highest BCUT2D eigenvalue weighted by Crippen LogP contribution is 2.42. The largest absolute Gasteiger partial charge is 0.444 e. The Hall–Kier alpha value is -3.38. The van der Waals surface area contributed by atoms with E-state index in [2.05, 4.69) is 21.3 Å². The monoisotopic (exact) mass is 573 g/mol. The van der Waals surface area contributed by atoms with E-state index < -0.39 is 11.7 Å². The minimum atomic E-state index is -0.568. The number of carbonyl (C=O) groups is 2. The van der Waals surface area contributed by atoms with Crippen molar-refractivity contribution in [2.75, 3.05) is 13.1 Å². The number of nitrogens with one attached hydrogen (secondary N) is 1. The number of benzene rings is 2. The summed E-state index contributed by atoms with van der Waals surface area (Å²) in [5, 5.41) is 3.71. The second-order valence-electron chi connectivity index (χ2n) is 12.6. The van der Waals surface area contributed by atoms with Crippen molar-refractivity contribution in [1.82, 2.24) is 15.2 Å². The number of nitrogens with zero attached hydrogens (tertiary/aromatic N) is 2. The van der Waals surface area contributed by atoms with Gasteiger partial charge in [0.25, 0.3) is 5.91 Å². The van der Waals surface area contributed by atoms with Crippen LogP contribution in [0.4, 0.5) is 4.79 Å². The van der Waals surface area contributed by atoms with Crippen molar-refractivity contribution in [3.05, 3.63) is 89.2 Å². The minimum Gasteiger partial charge on any atom is -0.444 e. The van der Waals surface area contributed by atoms with Gasteiger partial charge in [0.05, 0.1) is 5.56 Å². The SMILES string of the molecule is CC(C)(C)OC(=O)NCC1(c2cccc(Cl)c2)CCC(N(CC2CC2)C(=O)c2cncc(-c3ccccc3)c2)CC1. The Morgan fingerprint density at radius 2 is 1.71 bits per heavy atom. The van der Waals surface area contributed by atoms with Gasteiger partial charge in [0.2, 0.25) is 0 Å². The summed E-state index contributed by atoms with van der Waals surface area (Å²) >= 11 is 6.41. The predicted molar refractivity (Wildman–Crippen MR) is 163 cm³/mol. The van der Waals surface area contributed by atoms with E-state index in [4.69, 9.17) is 16.3 Å². The Morgan fingerprint density at radius 1 is 0.976 bits per heavy atom. The molecule has 0 spiro atoms. The summed E-state index contributed by atoms with van der Waals surface area (Å²) in [7, 11) is 0. The number of pyridine rings is 1. The van der Waals surface area contributed by atoms with E-state index in [9.17, 15) is 9.59 Å². The van der Waals surface area contributed by atoms with Gasteiger partial charge in [0.1, 0.15) is 5.60 Å². The highest BCUT2D eigenvalue weighted by molar-refractivity contribution is 6.30. The predicted octanol–water partition coefficient (Wildman–Crippen LogP) is 7.66. The number of hydrogen-bond acceptors (Lipinski definition) is 4. The summed E-state index contributed by atoms with van der Waals surface area (Å²) in [4.78, 5) is 33.1. The van der Waals surface area contributed by atoms with Crippen molar-refractivity contribution in [2.45, 2.75) is 76.4 Å². The van der Waals surface area contributed by atoms with Gasteiger partial charge in [-0.3, -0.25) is 9.78 Å². The Balaban J connectivity index is 1.35. The number of halogens is 1. The molecule has 1 aromatic heterocycles. The molecule has 0 bridgehead atoms. The van der Waals surface area contributed by atoms with Crippen LogP contribution in [0.25, 0.3) is 11.1 Å². The standard InChI is InChI=1S/C34H40ClN3O3/c1-33(2,3)41-32(40)37-23-34(28-10-7-11-29(35)19-28)16-14-30(15-17-34)38(22-24-12-13-24)31(39)27-18-26(20-36-21-27)25-8-5-4-6-9-25/h4-11,18-21,24,30H,12-17,22-23H2,1-3H3,(H,37,40). The van der Waals surface area contributed by atoms with Crippen molar-refractivity contribution in [3.63, 3.8) is 0 Å². The van der Waals surface area contributed by atoms with E-state index in [1.807, 2.05) is 81.6 Å². The Kier molecular flexibility index (Phi) is 8.69. The fourth-order valence-electron chi connectivity index (χ4n) is 5.90. The van der Waals surface area contributed by atoms with Crippen LogP contribution in [0.2, 0.25) is 5.02 Å². The van der Waals surface area contributed by atoms with Gasteiger partial charge in [-0.25, -0.2) is 4.79 Å². The fraction of sp³-hybridized carbons (Fsp3) is 0.441. The molecule has 0 radical (unpaired) electrons. The van der Waals surface area contributed by atoms with Gasteiger partial charge < -0.3 is 15.0 Å². The molecule has 6 nitrogen and oxygen atoms in total. The maximum atomic E-state index is 14.0. The maximum Gasteiger partial charge on any atom is 0.407 e. The molecule has 2 amide bonds. The molecule has 0 atom stereocenters. The number of hydrogen-bond donors (Lipinski definition) is 1. The van der Waals surface area contributed by atoms with Crippen molar-refractivity contribution < 1.29 is 14.3 Å². The molecule has 7 heteroatoms. The summed E-state index contributed by atoms with van der Waals surface area (Å²) in [5.74, 6) is 0.618. The van der Waals surface area contributed by atoms with Gasteiger partial charge >= 0.3 is 6.09 Å². The lowest BCUT2D eigenvalue weighted by Gasteiger charge is -2.44. The van der Waals surface area contributed by atoms with Crippen LogP contribution < -0.4 is 5.32 Å². The molecule has 2 fully saturated rings. The zero-order chi connectivity index (χ0) is 29.0. The van der Waals surface area contributed by atoms with Gasteiger partial charge in [0, 0.05) is 47.5 Å². The lowest BCUT2D eigenvalue weighted by Crippen LogP contribution is -2.50. The summed E-state index contributed by atoms with van der Waals surface area (Å²) in [6, 6.07) is 20.1. The number of rotatable bonds is 8. The van der Waals surface area contributed by atoms with Crippen LogP contribution in [-0.2, 0) is 10.2 Å². The van der Waals surface area contributed by atoms with Crippen LogP contribution in [0.1, 0.15) is 75.2 Å². The lowest BCUT2D eigenvalue weighted by molar-refractivity contribution is 0.0486. The van der Waals surface area contributed by atoms with Crippen molar-refractivity contribution in [1.29, 1.82) is 0 Å². The maximum absolute atomic E-state index is 14.0. The lowest BCUT2D eigenvalue weighted by atomic mass is 9.67. The molecule has 1 N–H and O–H groups in total. The van der Waals surface area contributed by atoms with Gasteiger partial charge in [0.15, 0.2) is 0 Å². The van der Waals surface area contributed by atoms with Crippen LogP contribution in [-0.4, -0.2) is 46.6 Å². The highest BCUT2D eigenvalue weighted by Gasteiger charge is 2.41. The molecule has 2 saturated carbocycles. The molecular formula is C34H40ClN3O3. The molecule has 0 saturated heterocycles. The third-order valence-corrected chi connectivity index (χ3v) is 8.50. The number of aromatic nitrogens is 1. The van der Waals surface area contributed by atoms with E-state index in [1.165, 1.54) is 12.8 Å². The molecule has 0 aliphatic heterocycles. The molecule has 41 heavy (non-hydrogen) atoms. The van der Waals surface area contributed by atoms with Crippen LogP contribution >= 0.6 is 11.6 Å². The summed E-state index contributed by atoms with van der Waals surface area (Å²) in [6.07, 6.45) is 8.76. The highest BCUT2D eigenvalue weighted by atomic mass is 35.5. The number of alkyl carbamates (subject to hydrolysis) is 1. The van der Waals surface area contributed by atoms with Gasteiger partial charge in [-0.15, -0.1) is 0 Å². The van der Waals surface area contributed by atoms with Crippen molar-refractivity contribution >= 4 is 23.6 Å². The van der Waals surface area contributed by atoms with E-state index in [-0.39, 0.29) is 17.4 Å². The van der Waals surface area contributed by atoms with E-state index in [1.54, 1.807) is 6.20 Å². The molecule has 0 unspecified atom stereocenters. The quantitative estimate of drug-likeness (QED) is 0.300. The minimum absolute atomic E-state index is 0.0503. The first-order chi connectivity index (χ1) is 19.6.